The molecule has 3 nitrogen and oxygen atoms in total. The van der Waals surface area contributed by atoms with Crippen LogP contribution in [0.2, 0.25) is 0 Å². The molecule has 0 spiro atoms. The molecule has 0 aromatic heterocycles. The van der Waals surface area contributed by atoms with Gasteiger partial charge in [0.25, 0.3) is 5.97 Å². The van der Waals surface area contributed by atoms with Crippen molar-refractivity contribution in [2.45, 2.75) is 12.5 Å². The van der Waals surface area contributed by atoms with Crippen molar-refractivity contribution in [3.8, 4) is 0 Å². The van der Waals surface area contributed by atoms with Crippen molar-refractivity contribution in [2.24, 2.45) is 0 Å². The Balaban J connectivity index is 0. The number of aliphatic carboxylic acids is 1. The number of thioether (sulfide) groups is 1. The molecule has 0 aromatic carbocycles. The molecule has 0 aliphatic carbocycles. The molecule has 0 fully saturated rings. The van der Waals surface area contributed by atoms with Crippen LogP contribution in [0, 0.1) is 0 Å². The Morgan fingerprint density at radius 3 is 2.60 bits per heavy atom. The third kappa shape index (κ3) is 6.50. The van der Waals surface area contributed by atoms with Gasteiger partial charge in [-0.3, -0.25) is 4.79 Å². The van der Waals surface area contributed by atoms with Crippen LogP contribution in [-0.4, -0.2) is 29.1 Å². The Morgan fingerprint density at radius 1 is 1.80 bits per heavy atom. The summed E-state index contributed by atoms with van der Waals surface area (Å²) in [6.45, 7) is 0. The summed E-state index contributed by atoms with van der Waals surface area (Å²) in [4.78, 5) is 10.0. The largest absolute Gasteiger partial charge is 1.00 e. The Morgan fingerprint density at radius 2 is 2.30 bits per heavy atom. The first-order valence-corrected chi connectivity index (χ1v) is 4.00. The molecule has 0 aliphatic heterocycles. The fourth-order valence-corrected chi connectivity index (χ4v) is 0.831. The van der Waals surface area contributed by atoms with Crippen molar-refractivity contribution in [3.63, 3.8) is 0 Å². The zero-order chi connectivity index (χ0) is 7.28. The topological polar surface area (TPSA) is 61.1 Å². The van der Waals surface area contributed by atoms with Crippen LogP contribution in [0.3, 0.4) is 0 Å². The molecule has 0 heterocycles. The van der Waals surface area contributed by atoms with Gasteiger partial charge in [0.1, 0.15) is 0 Å². The fourth-order valence-electron chi connectivity index (χ4n) is 0.359. The van der Waals surface area contributed by atoms with Crippen molar-refractivity contribution in [2.75, 3.05) is 12.0 Å². The van der Waals surface area contributed by atoms with Crippen molar-refractivity contribution in [3.05, 3.63) is 5.73 Å². The fraction of sp³-hybridized carbons (Fsp3) is 0.800. The number of hydrogen-bond acceptors (Lipinski definition) is 2. The second-order valence-electron chi connectivity index (χ2n) is 1.67. The summed E-state index contributed by atoms with van der Waals surface area (Å²) in [5, 5.41) is 8.21. The van der Waals surface area contributed by atoms with E-state index in [0.29, 0.717) is 6.42 Å². The predicted octanol–water partition coefficient (Wildman–Crippen LogP) is -1.75. The minimum absolute atomic E-state index is 0. The summed E-state index contributed by atoms with van der Waals surface area (Å²) in [5.74, 6) is -0.274. The standard InChI is InChI=1S/C5H10NO2S.Li/c1-9-3-2-4(6)5(7)8;/h4,6H,2-3H2,1H3,(H,7,8);/q-1;+1/t4-;/m0./s1. The Kier molecular flexibility index (Phi) is 9.73. The van der Waals surface area contributed by atoms with Gasteiger partial charge < -0.3 is 10.8 Å². The van der Waals surface area contributed by atoms with Crippen molar-refractivity contribution in [1.82, 2.24) is 0 Å². The van der Waals surface area contributed by atoms with Gasteiger partial charge in [-0.05, 0) is 18.1 Å². The molecule has 2 N–H and O–H groups in total. The third-order valence-electron chi connectivity index (χ3n) is 0.909. The van der Waals surface area contributed by atoms with Gasteiger partial charge in [-0.25, -0.2) is 0 Å². The first kappa shape index (κ1) is 13.0. The Hall–Kier alpha value is 0.377. The monoisotopic (exact) mass is 155 g/mol. The number of hydrogen-bond donors (Lipinski definition) is 1. The molecule has 0 aliphatic rings. The van der Waals surface area contributed by atoms with E-state index in [-0.39, 0.29) is 18.9 Å². The maximum atomic E-state index is 10.0. The van der Waals surface area contributed by atoms with Gasteiger partial charge in [0.05, 0.1) is 0 Å². The van der Waals surface area contributed by atoms with Crippen LogP contribution in [0.25, 0.3) is 5.73 Å². The summed E-state index contributed by atoms with van der Waals surface area (Å²) in [7, 11) is 0. The van der Waals surface area contributed by atoms with Crippen LogP contribution in [0.5, 0.6) is 0 Å². The number of carboxylic acids is 1. The molecular weight excluding hydrogens is 145 g/mol. The summed E-state index contributed by atoms with van der Waals surface area (Å²) < 4.78 is 0. The van der Waals surface area contributed by atoms with Crippen molar-refractivity contribution < 1.29 is 28.8 Å². The van der Waals surface area contributed by atoms with Crippen LogP contribution >= 0.6 is 11.8 Å². The number of nitrogens with one attached hydrogen (secondary N) is 1. The van der Waals surface area contributed by atoms with Crippen LogP contribution in [0.15, 0.2) is 0 Å². The average molecular weight is 155 g/mol. The summed E-state index contributed by atoms with van der Waals surface area (Å²) in [5.41, 5.74) is 6.92. The molecule has 10 heavy (non-hydrogen) atoms. The maximum absolute atomic E-state index is 10.0. The molecule has 0 amide bonds. The average Bonchev–Trinajstić information content (AvgIpc) is 1.82. The summed E-state index contributed by atoms with van der Waals surface area (Å²) in [6, 6.07) is -0.933. The second kappa shape index (κ2) is 7.48. The number of carbonyl (C=O) groups is 1. The molecular formula is C5H10LiNO2S. The van der Waals surface area contributed by atoms with Gasteiger partial charge in [-0.15, -0.1) is 0 Å². The van der Waals surface area contributed by atoms with Crippen LogP contribution in [0.1, 0.15) is 6.42 Å². The molecule has 0 rings (SSSR count). The van der Waals surface area contributed by atoms with Crippen LogP contribution < -0.4 is 18.9 Å². The molecule has 0 unspecified atom stereocenters. The molecule has 54 valence electrons. The van der Waals surface area contributed by atoms with Crippen LogP contribution in [-0.2, 0) is 4.79 Å². The molecule has 5 heteroatoms. The third-order valence-corrected chi connectivity index (χ3v) is 1.55. The first-order valence-electron chi connectivity index (χ1n) is 2.61. The van der Waals surface area contributed by atoms with Gasteiger partial charge in [0.15, 0.2) is 0 Å². The van der Waals surface area contributed by atoms with Crippen LogP contribution in [0.4, 0.5) is 0 Å². The zero-order valence-electron chi connectivity index (χ0n) is 6.26. The molecule has 0 bridgehead atoms. The van der Waals surface area contributed by atoms with Gasteiger partial charge in [-0.2, -0.15) is 11.8 Å². The van der Waals surface area contributed by atoms with E-state index in [9.17, 15) is 4.79 Å². The second-order valence-corrected chi connectivity index (χ2v) is 2.66. The van der Waals surface area contributed by atoms with E-state index < -0.39 is 12.0 Å². The Bertz CT molecular complexity index is 102. The van der Waals surface area contributed by atoms with E-state index in [1.807, 2.05) is 6.26 Å². The number of rotatable bonds is 4. The summed E-state index contributed by atoms with van der Waals surface area (Å²) in [6.07, 6.45) is 2.34. The molecule has 0 saturated carbocycles. The van der Waals surface area contributed by atoms with Gasteiger partial charge in [0, 0.05) is 0 Å². The SMILES string of the molecule is CSCC[C@H]([NH-])C(=O)O.[Li+]. The first-order chi connectivity index (χ1) is 4.18. The summed E-state index contributed by atoms with van der Waals surface area (Å²) >= 11 is 1.56. The predicted molar refractivity (Wildman–Crippen MR) is 38.7 cm³/mol. The van der Waals surface area contributed by atoms with Gasteiger partial charge in [0.2, 0.25) is 0 Å². The van der Waals surface area contributed by atoms with Crippen molar-refractivity contribution >= 4 is 17.7 Å². The smallest absolute Gasteiger partial charge is 0.665 e. The van der Waals surface area contributed by atoms with Gasteiger partial charge in [-0.1, -0.05) is 6.42 Å². The minimum atomic E-state index is -1.02. The maximum Gasteiger partial charge on any atom is 1.00 e. The van der Waals surface area contributed by atoms with Crippen molar-refractivity contribution in [1.29, 1.82) is 0 Å². The van der Waals surface area contributed by atoms with E-state index >= 15 is 0 Å². The zero-order valence-corrected chi connectivity index (χ0v) is 7.07. The molecule has 1 atom stereocenters. The van der Waals surface area contributed by atoms with Gasteiger partial charge >= 0.3 is 18.9 Å². The number of carboxylic acid groups (broad SMARTS) is 1. The molecule has 0 saturated heterocycles. The normalized spacial score (nSPS) is 11.8. The minimum Gasteiger partial charge on any atom is -0.665 e. The Labute approximate surface area is 76.9 Å². The van der Waals surface area contributed by atoms with E-state index in [0.717, 1.165) is 5.75 Å². The van der Waals surface area contributed by atoms with E-state index in [1.165, 1.54) is 0 Å². The van der Waals surface area contributed by atoms with E-state index in [4.69, 9.17) is 10.8 Å². The molecule has 0 aromatic rings. The van der Waals surface area contributed by atoms with E-state index in [1.54, 1.807) is 11.8 Å². The molecule has 0 radical (unpaired) electrons. The van der Waals surface area contributed by atoms with E-state index in [2.05, 4.69) is 0 Å². The quantitative estimate of drug-likeness (QED) is 0.490.